The Kier molecular flexibility index (Phi) is 3.93. The summed E-state index contributed by atoms with van der Waals surface area (Å²) >= 11 is 0. The number of benzene rings is 1. The molecule has 2 aromatic heterocycles. The highest BCUT2D eigenvalue weighted by Gasteiger charge is 2.29. The highest BCUT2D eigenvalue weighted by molar-refractivity contribution is 5.94. The number of carbonyl (C=O) groups excluding carboxylic acids is 1. The fraction of sp³-hybridized carbons (Fsp3) is 0.211. The third-order valence-corrected chi connectivity index (χ3v) is 4.38. The standard InChI is InChI=1S/C19H18N4O2/c1-23-19-17(11-21-23)16(9-18(24)22-19)14-5-2-6-15(8-14)25-12-13-4-3-7-20-10-13/h2-8,10-11,16H,9,12H2,1H3,(H,22,24). The minimum atomic E-state index is -0.0145. The number of hydrogen-bond acceptors (Lipinski definition) is 4. The number of anilines is 1. The van der Waals surface area contributed by atoms with Gasteiger partial charge in [-0.1, -0.05) is 18.2 Å². The fourth-order valence-corrected chi connectivity index (χ4v) is 3.11. The maximum absolute atomic E-state index is 12.1. The summed E-state index contributed by atoms with van der Waals surface area (Å²) in [5, 5.41) is 7.16. The van der Waals surface area contributed by atoms with Crippen LogP contribution in [-0.2, 0) is 18.4 Å². The second-order valence-electron chi connectivity index (χ2n) is 6.10. The van der Waals surface area contributed by atoms with Crippen LogP contribution in [0.5, 0.6) is 5.75 Å². The molecule has 6 heteroatoms. The molecule has 0 saturated heterocycles. The first-order valence-corrected chi connectivity index (χ1v) is 8.14. The number of carbonyl (C=O) groups is 1. The molecule has 4 rings (SSSR count). The lowest BCUT2D eigenvalue weighted by atomic mass is 9.87. The van der Waals surface area contributed by atoms with Crippen molar-refractivity contribution in [3.05, 3.63) is 71.7 Å². The van der Waals surface area contributed by atoms with Crippen LogP contribution in [-0.4, -0.2) is 20.7 Å². The van der Waals surface area contributed by atoms with E-state index in [9.17, 15) is 4.79 Å². The molecule has 0 spiro atoms. The van der Waals surface area contributed by atoms with Crippen molar-refractivity contribution in [3.63, 3.8) is 0 Å². The Morgan fingerprint density at radius 1 is 1.28 bits per heavy atom. The van der Waals surface area contributed by atoms with Crippen LogP contribution >= 0.6 is 0 Å². The number of pyridine rings is 1. The van der Waals surface area contributed by atoms with E-state index in [1.165, 1.54) is 0 Å². The molecule has 1 aliphatic rings. The molecule has 126 valence electrons. The second kappa shape index (κ2) is 6.39. The maximum atomic E-state index is 12.1. The molecule has 0 bridgehead atoms. The molecule has 0 radical (unpaired) electrons. The van der Waals surface area contributed by atoms with Crippen LogP contribution in [0.4, 0.5) is 5.82 Å². The van der Waals surface area contributed by atoms with Gasteiger partial charge in [-0.3, -0.25) is 14.5 Å². The van der Waals surface area contributed by atoms with Crippen LogP contribution in [0.2, 0.25) is 0 Å². The monoisotopic (exact) mass is 334 g/mol. The molecule has 6 nitrogen and oxygen atoms in total. The average molecular weight is 334 g/mol. The lowest BCUT2D eigenvalue weighted by Gasteiger charge is -2.23. The van der Waals surface area contributed by atoms with Crippen LogP contribution in [0, 0.1) is 0 Å². The Morgan fingerprint density at radius 2 is 2.20 bits per heavy atom. The van der Waals surface area contributed by atoms with Crippen molar-refractivity contribution >= 4 is 11.7 Å². The summed E-state index contributed by atoms with van der Waals surface area (Å²) in [4.78, 5) is 16.2. The smallest absolute Gasteiger partial charge is 0.226 e. The number of aromatic nitrogens is 3. The minimum absolute atomic E-state index is 0.00258. The molecule has 1 atom stereocenters. The maximum Gasteiger partial charge on any atom is 0.226 e. The lowest BCUT2D eigenvalue weighted by molar-refractivity contribution is -0.116. The van der Waals surface area contributed by atoms with Crippen LogP contribution in [0.3, 0.4) is 0 Å². The van der Waals surface area contributed by atoms with Gasteiger partial charge in [0.15, 0.2) is 0 Å². The van der Waals surface area contributed by atoms with Gasteiger partial charge in [0.1, 0.15) is 18.2 Å². The molecular formula is C19H18N4O2. The SMILES string of the molecule is Cn1ncc2c1NC(=O)CC2c1cccc(OCc2cccnc2)c1. The molecule has 1 unspecified atom stereocenters. The molecule has 0 aliphatic carbocycles. The molecule has 0 saturated carbocycles. The summed E-state index contributed by atoms with van der Waals surface area (Å²) in [6.07, 6.45) is 5.76. The van der Waals surface area contributed by atoms with Gasteiger partial charge in [-0.25, -0.2) is 0 Å². The van der Waals surface area contributed by atoms with E-state index in [2.05, 4.69) is 15.4 Å². The Balaban J connectivity index is 1.58. The lowest BCUT2D eigenvalue weighted by Crippen LogP contribution is -2.24. The van der Waals surface area contributed by atoms with E-state index in [0.29, 0.717) is 13.0 Å². The predicted octanol–water partition coefficient (Wildman–Crippen LogP) is 2.87. The number of aryl methyl sites for hydroxylation is 1. The van der Waals surface area contributed by atoms with Gasteiger partial charge < -0.3 is 10.1 Å². The number of nitrogens with zero attached hydrogens (tertiary/aromatic N) is 3. The Hall–Kier alpha value is -3.15. The quantitative estimate of drug-likeness (QED) is 0.796. The topological polar surface area (TPSA) is 69.0 Å². The minimum Gasteiger partial charge on any atom is -0.489 e. The molecular weight excluding hydrogens is 316 g/mol. The summed E-state index contributed by atoms with van der Waals surface area (Å²) in [6, 6.07) is 11.8. The largest absolute Gasteiger partial charge is 0.489 e. The van der Waals surface area contributed by atoms with Gasteiger partial charge in [-0.15, -0.1) is 0 Å². The Bertz CT molecular complexity index is 905. The van der Waals surface area contributed by atoms with Crippen LogP contribution < -0.4 is 10.1 Å². The van der Waals surface area contributed by atoms with Gasteiger partial charge in [-0.2, -0.15) is 5.10 Å². The van der Waals surface area contributed by atoms with E-state index in [1.807, 2.05) is 49.6 Å². The van der Waals surface area contributed by atoms with E-state index < -0.39 is 0 Å². The van der Waals surface area contributed by atoms with Crippen molar-refractivity contribution in [1.82, 2.24) is 14.8 Å². The normalized spacial score (nSPS) is 16.2. The first-order valence-electron chi connectivity index (χ1n) is 8.14. The van der Waals surface area contributed by atoms with Gasteiger partial charge >= 0.3 is 0 Å². The van der Waals surface area contributed by atoms with Crippen molar-refractivity contribution in [2.45, 2.75) is 18.9 Å². The number of rotatable bonds is 4. The van der Waals surface area contributed by atoms with Crippen LogP contribution in [0.15, 0.2) is 55.0 Å². The second-order valence-corrected chi connectivity index (χ2v) is 6.10. The molecule has 0 fully saturated rings. The number of fused-ring (bicyclic) bond motifs is 1. The molecule has 3 heterocycles. The highest BCUT2D eigenvalue weighted by Crippen LogP contribution is 2.37. The Morgan fingerprint density at radius 3 is 3.04 bits per heavy atom. The van der Waals surface area contributed by atoms with Crippen LogP contribution in [0.25, 0.3) is 0 Å². The molecule has 1 aliphatic heterocycles. The van der Waals surface area contributed by atoms with E-state index in [1.54, 1.807) is 17.1 Å². The van der Waals surface area contributed by atoms with Gasteiger partial charge in [0, 0.05) is 42.9 Å². The third-order valence-electron chi connectivity index (χ3n) is 4.38. The summed E-state index contributed by atoms with van der Waals surface area (Å²) in [5.41, 5.74) is 3.10. The van der Waals surface area contributed by atoms with Crippen molar-refractivity contribution in [1.29, 1.82) is 0 Å². The highest BCUT2D eigenvalue weighted by atomic mass is 16.5. The number of nitrogens with one attached hydrogen (secondary N) is 1. The summed E-state index contributed by atoms with van der Waals surface area (Å²) in [6.45, 7) is 0.459. The first kappa shape index (κ1) is 15.4. The summed E-state index contributed by atoms with van der Waals surface area (Å²) in [7, 11) is 1.83. The van der Waals surface area contributed by atoms with Gasteiger partial charge in [-0.05, 0) is 23.8 Å². The number of amides is 1. The zero-order valence-electron chi connectivity index (χ0n) is 13.8. The van der Waals surface area contributed by atoms with Crippen molar-refractivity contribution in [2.75, 3.05) is 5.32 Å². The third kappa shape index (κ3) is 3.10. The van der Waals surface area contributed by atoms with E-state index in [4.69, 9.17) is 4.74 Å². The first-order chi connectivity index (χ1) is 12.2. The number of hydrogen-bond donors (Lipinski definition) is 1. The zero-order chi connectivity index (χ0) is 17.2. The summed E-state index contributed by atoms with van der Waals surface area (Å²) < 4.78 is 7.58. The molecule has 1 amide bonds. The van der Waals surface area contributed by atoms with Crippen LogP contribution in [0.1, 0.15) is 29.0 Å². The molecule has 1 N–H and O–H groups in total. The van der Waals surface area contributed by atoms with E-state index >= 15 is 0 Å². The molecule has 1 aromatic carbocycles. The average Bonchev–Trinajstić information content (AvgIpc) is 3.01. The van der Waals surface area contributed by atoms with Gasteiger partial charge in [0.2, 0.25) is 5.91 Å². The van der Waals surface area contributed by atoms with E-state index in [0.717, 1.165) is 28.3 Å². The number of ether oxygens (including phenoxy) is 1. The van der Waals surface area contributed by atoms with Crippen molar-refractivity contribution in [2.24, 2.45) is 7.05 Å². The molecule has 3 aromatic rings. The van der Waals surface area contributed by atoms with Crippen molar-refractivity contribution in [3.8, 4) is 5.75 Å². The molecule has 25 heavy (non-hydrogen) atoms. The van der Waals surface area contributed by atoms with Gasteiger partial charge in [0.05, 0.1) is 6.20 Å². The Labute approximate surface area is 145 Å². The van der Waals surface area contributed by atoms with Gasteiger partial charge in [0.25, 0.3) is 0 Å². The predicted molar refractivity (Wildman–Crippen MR) is 93.3 cm³/mol. The van der Waals surface area contributed by atoms with E-state index in [-0.39, 0.29) is 11.8 Å². The fourth-order valence-electron chi connectivity index (χ4n) is 3.11. The van der Waals surface area contributed by atoms with Crippen molar-refractivity contribution < 1.29 is 9.53 Å². The summed E-state index contributed by atoms with van der Waals surface area (Å²) in [5.74, 6) is 1.53. The zero-order valence-corrected chi connectivity index (χ0v) is 13.8.